The molecule has 1 aromatic rings. The zero-order valence-corrected chi connectivity index (χ0v) is 15.8. The molecule has 0 aromatic heterocycles. The van der Waals surface area contributed by atoms with E-state index < -0.39 is 0 Å². The Morgan fingerprint density at radius 1 is 1.24 bits per heavy atom. The first-order valence-electron chi connectivity index (χ1n) is 9.37. The summed E-state index contributed by atoms with van der Waals surface area (Å²) in [4.78, 5) is 26.5. The molecule has 0 saturated carbocycles. The third kappa shape index (κ3) is 5.48. The Balaban J connectivity index is 2.06. The van der Waals surface area contributed by atoms with E-state index in [-0.39, 0.29) is 29.9 Å². The Morgan fingerprint density at radius 2 is 2.00 bits per heavy atom. The van der Waals surface area contributed by atoms with Gasteiger partial charge in [-0.3, -0.25) is 4.79 Å². The molecular weight excluding hydrogens is 314 g/mol. The molecule has 2 atom stereocenters. The van der Waals surface area contributed by atoms with Gasteiger partial charge in [0.05, 0.1) is 0 Å². The van der Waals surface area contributed by atoms with Gasteiger partial charge in [-0.25, -0.2) is 4.79 Å². The van der Waals surface area contributed by atoms with E-state index in [1.165, 1.54) is 0 Å². The fourth-order valence-electron chi connectivity index (χ4n) is 3.11. The second-order valence-corrected chi connectivity index (χ2v) is 7.30. The quantitative estimate of drug-likeness (QED) is 0.858. The average molecular weight is 345 g/mol. The molecule has 0 bridgehead atoms. The second-order valence-electron chi connectivity index (χ2n) is 7.30. The Bertz CT molecular complexity index is 600. The smallest absolute Gasteiger partial charge is 0.317 e. The number of hydrogen-bond acceptors (Lipinski definition) is 2. The van der Waals surface area contributed by atoms with Crippen LogP contribution >= 0.6 is 0 Å². The van der Waals surface area contributed by atoms with Crippen molar-refractivity contribution in [1.29, 1.82) is 0 Å². The second kappa shape index (κ2) is 8.88. The summed E-state index contributed by atoms with van der Waals surface area (Å²) >= 11 is 0. The largest absolute Gasteiger partial charge is 0.350 e. The highest BCUT2D eigenvalue weighted by atomic mass is 16.2. The third-order valence-electron chi connectivity index (χ3n) is 4.73. The van der Waals surface area contributed by atoms with Crippen molar-refractivity contribution < 1.29 is 9.59 Å². The number of amides is 3. The van der Waals surface area contributed by atoms with Crippen molar-refractivity contribution in [3.8, 4) is 0 Å². The van der Waals surface area contributed by atoms with Crippen molar-refractivity contribution >= 4 is 11.9 Å². The predicted molar refractivity (Wildman–Crippen MR) is 101 cm³/mol. The molecule has 0 radical (unpaired) electrons. The monoisotopic (exact) mass is 345 g/mol. The predicted octanol–water partition coefficient (Wildman–Crippen LogP) is 3.51. The summed E-state index contributed by atoms with van der Waals surface area (Å²) in [6.45, 7) is 9.50. The summed E-state index contributed by atoms with van der Waals surface area (Å²) in [6, 6.07) is 8.15. The van der Waals surface area contributed by atoms with Gasteiger partial charge in [0.2, 0.25) is 0 Å². The lowest BCUT2D eigenvalue weighted by atomic mass is 9.89. The molecule has 138 valence electrons. The normalized spacial score (nSPS) is 18.8. The number of benzene rings is 1. The SMILES string of the molecule is CC[C@H](C)NC(=O)c1cccc([C@@H]2CCCN(C(=O)NC(C)C)C2)c1. The van der Waals surface area contributed by atoms with Gasteiger partial charge in [0.1, 0.15) is 0 Å². The van der Waals surface area contributed by atoms with E-state index in [1.807, 2.05) is 43.9 Å². The number of carbonyl (C=O) groups is 2. The first-order chi connectivity index (χ1) is 11.9. The Hall–Kier alpha value is -2.04. The van der Waals surface area contributed by atoms with Crippen LogP contribution in [0, 0.1) is 0 Å². The van der Waals surface area contributed by atoms with Crippen molar-refractivity contribution in [1.82, 2.24) is 15.5 Å². The molecule has 1 aromatic carbocycles. The summed E-state index contributed by atoms with van der Waals surface area (Å²) in [5.74, 6) is 0.254. The van der Waals surface area contributed by atoms with Gasteiger partial charge in [-0.2, -0.15) is 0 Å². The van der Waals surface area contributed by atoms with Gasteiger partial charge in [0.25, 0.3) is 5.91 Å². The van der Waals surface area contributed by atoms with Crippen LogP contribution in [0.15, 0.2) is 24.3 Å². The van der Waals surface area contributed by atoms with Crippen LogP contribution in [0.5, 0.6) is 0 Å². The molecule has 5 heteroatoms. The minimum absolute atomic E-state index is 0.00497. The summed E-state index contributed by atoms with van der Waals surface area (Å²) in [7, 11) is 0. The van der Waals surface area contributed by atoms with Gasteiger partial charge in [0, 0.05) is 36.7 Å². The highest BCUT2D eigenvalue weighted by Gasteiger charge is 2.25. The third-order valence-corrected chi connectivity index (χ3v) is 4.73. The van der Waals surface area contributed by atoms with E-state index in [0.717, 1.165) is 31.4 Å². The topological polar surface area (TPSA) is 61.4 Å². The molecular formula is C20H31N3O2. The Morgan fingerprint density at radius 3 is 2.68 bits per heavy atom. The highest BCUT2D eigenvalue weighted by Crippen LogP contribution is 2.27. The summed E-state index contributed by atoms with van der Waals surface area (Å²) < 4.78 is 0. The fraction of sp³-hybridized carbons (Fsp3) is 0.600. The number of piperidine rings is 1. The van der Waals surface area contributed by atoms with Gasteiger partial charge < -0.3 is 15.5 Å². The van der Waals surface area contributed by atoms with Gasteiger partial charge >= 0.3 is 6.03 Å². The van der Waals surface area contributed by atoms with E-state index in [9.17, 15) is 9.59 Å². The molecule has 1 saturated heterocycles. The van der Waals surface area contributed by atoms with Crippen molar-refractivity contribution in [3.05, 3.63) is 35.4 Å². The minimum Gasteiger partial charge on any atom is -0.350 e. The molecule has 0 aliphatic carbocycles. The molecule has 25 heavy (non-hydrogen) atoms. The molecule has 0 spiro atoms. The molecule has 5 nitrogen and oxygen atoms in total. The number of nitrogens with zero attached hydrogens (tertiary/aromatic N) is 1. The van der Waals surface area contributed by atoms with Crippen LogP contribution in [0.3, 0.4) is 0 Å². The maximum absolute atomic E-state index is 12.4. The number of carbonyl (C=O) groups excluding carboxylic acids is 2. The van der Waals surface area contributed by atoms with Crippen molar-refractivity contribution in [3.63, 3.8) is 0 Å². The lowest BCUT2D eigenvalue weighted by Crippen LogP contribution is -2.47. The van der Waals surface area contributed by atoms with Crippen molar-refractivity contribution in [2.45, 2.75) is 65.0 Å². The van der Waals surface area contributed by atoms with E-state index >= 15 is 0 Å². The highest BCUT2D eigenvalue weighted by molar-refractivity contribution is 5.94. The summed E-state index contributed by atoms with van der Waals surface area (Å²) in [5, 5.41) is 5.98. The molecule has 0 unspecified atom stereocenters. The van der Waals surface area contributed by atoms with E-state index in [1.54, 1.807) is 0 Å². The van der Waals surface area contributed by atoms with Crippen LogP contribution in [0.25, 0.3) is 0 Å². The molecule has 1 aliphatic rings. The van der Waals surface area contributed by atoms with E-state index in [2.05, 4.69) is 23.6 Å². The maximum atomic E-state index is 12.4. The molecule has 1 fully saturated rings. The summed E-state index contributed by atoms with van der Waals surface area (Å²) in [6.07, 6.45) is 2.94. The van der Waals surface area contributed by atoms with E-state index in [0.29, 0.717) is 12.1 Å². The molecule has 1 aliphatic heterocycles. The Labute approximate surface area is 151 Å². The lowest BCUT2D eigenvalue weighted by molar-refractivity contribution is 0.0939. The number of rotatable bonds is 5. The lowest BCUT2D eigenvalue weighted by Gasteiger charge is -2.33. The molecule has 1 heterocycles. The zero-order chi connectivity index (χ0) is 18.4. The van der Waals surface area contributed by atoms with Crippen LogP contribution in [0.4, 0.5) is 4.79 Å². The summed E-state index contributed by atoms with van der Waals surface area (Å²) in [5.41, 5.74) is 1.83. The van der Waals surface area contributed by atoms with Gasteiger partial charge in [-0.15, -0.1) is 0 Å². The van der Waals surface area contributed by atoms with Crippen LogP contribution in [0.1, 0.15) is 68.8 Å². The minimum atomic E-state index is -0.0265. The van der Waals surface area contributed by atoms with Crippen LogP contribution in [-0.2, 0) is 0 Å². The standard InChI is InChI=1S/C20H31N3O2/c1-5-15(4)22-19(24)17-9-6-8-16(12-17)18-10-7-11-23(13-18)20(25)21-14(2)3/h6,8-9,12,14-15,18H,5,7,10-11,13H2,1-4H3,(H,21,25)(H,22,24)/t15-,18+/m0/s1. The number of likely N-dealkylation sites (tertiary alicyclic amines) is 1. The van der Waals surface area contributed by atoms with Gasteiger partial charge in [0.15, 0.2) is 0 Å². The number of urea groups is 1. The first kappa shape index (κ1) is 19.3. The van der Waals surface area contributed by atoms with Crippen LogP contribution in [0.2, 0.25) is 0 Å². The van der Waals surface area contributed by atoms with Gasteiger partial charge in [-0.1, -0.05) is 19.1 Å². The average Bonchev–Trinajstić information content (AvgIpc) is 2.61. The maximum Gasteiger partial charge on any atom is 0.317 e. The number of hydrogen-bond donors (Lipinski definition) is 2. The van der Waals surface area contributed by atoms with Crippen LogP contribution < -0.4 is 10.6 Å². The van der Waals surface area contributed by atoms with Gasteiger partial charge in [-0.05, 0) is 57.7 Å². The molecule has 2 N–H and O–H groups in total. The Kier molecular flexibility index (Phi) is 6.85. The number of nitrogens with one attached hydrogen (secondary N) is 2. The van der Waals surface area contributed by atoms with Crippen molar-refractivity contribution in [2.75, 3.05) is 13.1 Å². The zero-order valence-electron chi connectivity index (χ0n) is 15.8. The van der Waals surface area contributed by atoms with Crippen LogP contribution in [-0.4, -0.2) is 42.0 Å². The molecule has 3 amide bonds. The first-order valence-corrected chi connectivity index (χ1v) is 9.37. The fourth-order valence-corrected chi connectivity index (χ4v) is 3.11. The molecule has 2 rings (SSSR count). The van der Waals surface area contributed by atoms with E-state index in [4.69, 9.17) is 0 Å². The van der Waals surface area contributed by atoms with Crippen molar-refractivity contribution in [2.24, 2.45) is 0 Å².